The molecule has 2 aromatic rings. The average molecular weight is 292 g/mol. The lowest BCUT2D eigenvalue weighted by Gasteiger charge is -2.22. The first-order chi connectivity index (χ1) is 8.33. The second kappa shape index (κ2) is 4.85. The Morgan fingerprint density at radius 1 is 1.12 bits per heavy atom. The molecule has 0 atom stereocenters. The Bertz CT molecular complexity index is 509. The molecule has 1 saturated carbocycles. The molecule has 1 aromatic heterocycles. The quantitative estimate of drug-likeness (QED) is 0.735. The number of hydrogen-bond acceptors (Lipinski definition) is 0. The van der Waals surface area contributed by atoms with E-state index in [0.717, 1.165) is 5.92 Å². The number of rotatable bonds is 2. The molecule has 0 bridgehead atoms. The van der Waals surface area contributed by atoms with E-state index in [2.05, 4.69) is 51.0 Å². The Kier molecular flexibility index (Phi) is 3.24. The lowest BCUT2D eigenvalue weighted by molar-refractivity contribution is 0.322. The topological polar surface area (TPSA) is 4.93 Å². The molecule has 0 amide bonds. The van der Waals surface area contributed by atoms with Gasteiger partial charge in [0.2, 0.25) is 0 Å². The maximum atomic E-state index is 3.56. The molecule has 17 heavy (non-hydrogen) atoms. The summed E-state index contributed by atoms with van der Waals surface area (Å²) in [5.74, 6) is 0.887. The van der Waals surface area contributed by atoms with E-state index in [9.17, 15) is 0 Å². The Balaban J connectivity index is 1.86. The number of aromatic nitrogens is 1. The summed E-state index contributed by atoms with van der Waals surface area (Å²) < 4.78 is 3.60. The molecule has 3 rings (SSSR count). The van der Waals surface area contributed by atoms with E-state index >= 15 is 0 Å². The van der Waals surface area contributed by atoms with Crippen LogP contribution >= 0.6 is 15.9 Å². The van der Waals surface area contributed by atoms with E-state index in [0.29, 0.717) is 0 Å². The van der Waals surface area contributed by atoms with Gasteiger partial charge in [0.15, 0.2) is 0 Å². The van der Waals surface area contributed by atoms with Gasteiger partial charge in [-0.15, -0.1) is 0 Å². The summed E-state index contributed by atoms with van der Waals surface area (Å²) in [5.41, 5.74) is 1.37. The van der Waals surface area contributed by atoms with Gasteiger partial charge in [-0.05, 0) is 42.3 Å². The number of fused-ring (bicyclic) bond motifs is 1. The van der Waals surface area contributed by atoms with Crippen LogP contribution in [0.25, 0.3) is 10.9 Å². The minimum atomic E-state index is 0.887. The van der Waals surface area contributed by atoms with Crippen LogP contribution in [0.15, 0.2) is 34.9 Å². The zero-order chi connectivity index (χ0) is 11.7. The molecule has 0 radical (unpaired) electrons. The molecule has 2 heteroatoms. The van der Waals surface area contributed by atoms with Crippen molar-refractivity contribution >= 4 is 26.8 Å². The zero-order valence-corrected chi connectivity index (χ0v) is 11.6. The molecular weight excluding hydrogens is 274 g/mol. The van der Waals surface area contributed by atoms with Crippen molar-refractivity contribution in [1.29, 1.82) is 0 Å². The SMILES string of the molecule is Brc1ccc2ccn(CC3CCCCC3)c2c1. The van der Waals surface area contributed by atoms with Crippen molar-refractivity contribution in [3.8, 4) is 0 Å². The van der Waals surface area contributed by atoms with Crippen molar-refractivity contribution in [1.82, 2.24) is 4.57 Å². The Morgan fingerprint density at radius 2 is 1.94 bits per heavy atom. The predicted molar refractivity (Wildman–Crippen MR) is 76.2 cm³/mol. The molecular formula is C15H18BrN. The maximum absolute atomic E-state index is 3.56. The highest BCUT2D eigenvalue weighted by atomic mass is 79.9. The van der Waals surface area contributed by atoms with Gasteiger partial charge in [-0.1, -0.05) is 41.3 Å². The fraction of sp³-hybridized carbons (Fsp3) is 0.467. The van der Waals surface area contributed by atoms with Gasteiger partial charge in [-0.25, -0.2) is 0 Å². The predicted octanol–water partition coefficient (Wildman–Crippen LogP) is 4.98. The first-order valence-electron chi connectivity index (χ1n) is 6.57. The molecule has 1 heterocycles. The van der Waals surface area contributed by atoms with Crippen LogP contribution in [0.5, 0.6) is 0 Å². The van der Waals surface area contributed by atoms with Crippen LogP contribution in [0.4, 0.5) is 0 Å². The van der Waals surface area contributed by atoms with Crippen LogP contribution in [0, 0.1) is 5.92 Å². The second-order valence-corrected chi connectivity index (χ2v) is 6.09. The third-order valence-electron chi connectivity index (χ3n) is 3.92. The van der Waals surface area contributed by atoms with Gasteiger partial charge in [-0.2, -0.15) is 0 Å². The lowest BCUT2D eigenvalue weighted by Crippen LogP contribution is -2.13. The molecule has 1 aliphatic rings. The second-order valence-electron chi connectivity index (χ2n) is 5.18. The molecule has 1 nitrogen and oxygen atoms in total. The van der Waals surface area contributed by atoms with Gasteiger partial charge in [0.25, 0.3) is 0 Å². The minimum Gasteiger partial charge on any atom is -0.347 e. The van der Waals surface area contributed by atoms with Crippen LogP contribution in [-0.2, 0) is 6.54 Å². The highest BCUT2D eigenvalue weighted by Gasteiger charge is 2.14. The largest absolute Gasteiger partial charge is 0.347 e. The van der Waals surface area contributed by atoms with Crippen molar-refractivity contribution < 1.29 is 0 Å². The number of hydrogen-bond donors (Lipinski definition) is 0. The van der Waals surface area contributed by atoms with Crippen molar-refractivity contribution in [3.63, 3.8) is 0 Å². The first-order valence-corrected chi connectivity index (χ1v) is 7.36. The Hall–Kier alpha value is -0.760. The van der Waals surface area contributed by atoms with E-state index in [1.54, 1.807) is 0 Å². The van der Waals surface area contributed by atoms with Crippen LogP contribution in [0.1, 0.15) is 32.1 Å². The summed E-state index contributed by atoms with van der Waals surface area (Å²) in [6, 6.07) is 8.77. The molecule has 1 aromatic carbocycles. The smallest absolute Gasteiger partial charge is 0.0491 e. The highest BCUT2D eigenvalue weighted by Crippen LogP contribution is 2.27. The highest BCUT2D eigenvalue weighted by molar-refractivity contribution is 9.10. The molecule has 0 saturated heterocycles. The van der Waals surface area contributed by atoms with Gasteiger partial charge >= 0.3 is 0 Å². The van der Waals surface area contributed by atoms with Gasteiger partial charge in [0.05, 0.1) is 0 Å². The Morgan fingerprint density at radius 3 is 2.76 bits per heavy atom. The number of halogens is 1. The van der Waals surface area contributed by atoms with E-state index < -0.39 is 0 Å². The van der Waals surface area contributed by atoms with Crippen LogP contribution in [-0.4, -0.2) is 4.57 Å². The van der Waals surface area contributed by atoms with E-state index in [1.165, 1.54) is 54.0 Å². The number of benzene rings is 1. The fourth-order valence-electron chi connectivity index (χ4n) is 2.96. The van der Waals surface area contributed by atoms with Crippen molar-refractivity contribution in [2.24, 2.45) is 5.92 Å². The maximum Gasteiger partial charge on any atom is 0.0491 e. The summed E-state index contributed by atoms with van der Waals surface area (Å²) in [6.07, 6.45) is 9.35. The Labute approximate surface area is 111 Å². The molecule has 1 fully saturated rings. The van der Waals surface area contributed by atoms with E-state index in [-0.39, 0.29) is 0 Å². The summed E-state index contributed by atoms with van der Waals surface area (Å²) in [6.45, 7) is 1.19. The summed E-state index contributed by atoms with van der Waals surface area (Å²) >= 11 is 3.56. The molecule has 0 aliphatic heterocycles. The standard InChI is InChI=1S/C15H18BrN/c16-14-7-6-13-8-9-17(15(13)10-14)11-12-4-2-1-3-5-12/h6-10,12H,1-5,11H2. The van der Waals surface area contributed by atoms with Crippen molar-refractivity contribution in [2.45, 2.75) is 38.6 Å². The summed E-state index contributed by atoms with van der Waals surface area (Å²) in [5, 5.41) is 1.35. The van der Waals surface area contributed by atoms with E-state index in [4.69, 9.17) is 0 Å². The van der Waals surface area contributed by atoms with Gasteiger partial charge in [0, 0.05) is 22.7 Å². The normalized spacial score (nSPS) is 17.7. The van der Waals surface area contributed by atoms with E-state index in [1.807, 2.05) is 0 Å². The minimum absolute atomic E-state index is 0.887. The molecule has 1 aliphatic carbocycles. The molecule has 90 valence electrons. The van der Waals surface area contributed by atoms with Gasteiger partial charge in [0.1, 0.15) is 0 Å². The number of nitrogens with zero attached hydrogens (tertiary/aromatic N) is 1. The lowest BCUT2D eigenvalue weighted by atomic mass is 9.89. The van der Waals surface area contributed by atoms with Crippen LogP contribution in [0.2, 0.25) is 0 Å². The monoisotopic (exact) mass is 291 g/mol. The fourth-order valence-corrected chi connectivity index (χ4v) is 3.31. The van der Waals surface area contributed by atoms with Crippen LogP contribution < -0.4 is 0 Å². The summed E-state index contributed by atoms with van der Waals surface area (Å²) in [7, 11) is 0. The third-order valence-corrected chi connectivity index (χ3v) is 4.41. The van der Waals surface area contributed by atoms with Gasteiger partial charge < -0.3 is 4.57 Å². The van der Waals surface area contributed by atoms with Crippen LogP contribution in [0.3, 0.4) is 0 Å². The zero-order valence-electron chi connectivity index (χ0n) is 10.0. The first kappa shape index (κ1) is 11.3. The molecule has 0 unspecified atom stereocenters. The average Bonchev–Trinajstić information content (AvgIpc) is 2.73. The molecule has 0 spiro atoms. The molecule has 0 N–H and O–H groups in total. The van der Waals surface area contributed by atoms with Crippen molar-refractivity contribution in [2.75, 3.05) is 0 Å². The summed E-state index contributed by atoms with van der Waals surface area (Å²) in [4.78, 5) is 0. The van der Waals surface area contributed by atoms with Crippen molar-refractivity contribution in [3.05, 3.63) is 34.9 Å². The van der Waals surface area contributed by atoms with Gasteiger partial charge in [-0.3, -0.25) is 0 Å². The third kappa shape index (κ3) is 2.42.